The number of hydrogen-bond acceptors (Lipinski definition) is 10. The lowest BCUT2D eigenvalue weighted by molar-refractivity contribution is -0.137. The average molecular weight is 720 g/mol. The standard InChI is InChI=1S/C16H11NO3S.C10H8BrNO2.C7H4O3S/c1-20-16(19)9-4-2-3-8-11(9)7-12-13(8)17-15(18)10-5-6-21-14(10)12;1-12-9-5-3-4-7(8(9)6-11)10(13)14-2;8-6-3-5-4(1-2-11-5)7(9)10-6/h2-6H,7H2,1H3,(H,17,18);3-5H,6H2,2H3;1-2H,3H2. The molecule has 0 bridgehead atoms. The molecule has 5 aromatic rings. The van der Waals surface area contributed by atoms with E-state index < -0.39 is 17.9 Å². The number of nitrogens with one attached hydrogen (secondary N) is 1. The molecule has 0 saturated carbocycles. The molecule has 232 valence electrons. The Morgan fingerprint density at radius 2 is 1.61 bits per heavy atom. The normalized spacial score (nSPS) is 12.2. The van der Waals surface area contributed by atoms with E-state index in [1.54, 1.807) is 47.0 Å². The summed E-state index contributed by atoms with van der Waals surface area (Å²) in [5.74, 6) is -1.73. The van der Waals surface area contributed by atoms with Gasteiger partial charge in [0.2, 0.25) is 0 Å². The third-order valence-corrected chi connectivity index (χ3v) is 9.67. The fourth-order valence-electron chi connectivity index (χ4n) is 5.09. The largest absolute Gasteiger partial charge is 0.465 e. The summed E-state index contributed by atoms with van der Waals surface area (Å²) in [4.78, 5) is 64.1. The number of alkyl halides is 1. The molecule has 0 spiro atoms. The van der Waals surface area contributed by atoms with E-state index in [0.29, 0.717) is 45.1 Å². The van der Waals surface area contributed by atoms with E-state index in [9.17, 15) is 24.0 Å². The first-order valence-electron chi connectivity index (χ1n) is 13.5. The molecule has 2 aliphatic rings. The number of H-pyrrole nitrogens is 1. The van der Waals surface area contributed by atoms with E-state index >= 15 is 0 Å². The van der Waals surface area contributed by atoms with Crippen molar-refractivity contribution in [2.45, 2.75) is 18.2 Å². The molecule has 2 aromatic carbocycles. The van der Waals surface area contributed by atoms with Gasteiger partial charge in [0.15, 0.2) is 5.69 Å². The minimum absolute atomic E-state index is 0.0821. The van der Waals surface area contributed by atoms with Crippen LogP contribution < -0.4 is 5.56 Å². The van der Waals surface area contributed by atoms with Crippen molar-refractivity contribution in [3.8, 4) is 11.3 Å². The molecule has 0 unspecified atom stereocenters. The van der Waals surface area contributed by atoms with Crippen LogP contribution in [0.25, 0.3) is 26.2 Å². The molecule has 0 fully saturated rings. The maximum Gasteiger partial charge on any atom is 0.346 e. The van der Waals surface area contributed by atoms with Crippen LogP contribution in [0.15, 0.2) is 64.1 Å². The number of esters is 4. The van der Waals surface area contributed by atoms with Gasteiger partial charge in [-0.2, -0.15) is 0 Å². The van der Waals surface area contributed by atoms with Crippen molar-refractivity contribution in [2.75, 3.05) is 14.2 Å². The number of rotatable bonds is 3. The van der Waals surface area contributed by atoms with Crippen molar-refractivity contribution in [2.24, 2.45) is 0 Å². The Morgan fingerprint density at radius 3 is 2.33 bits per heavy atom. The second-order valence-electron chi connectivity index (χ2n) is 9.71. The number of cyclic esters (lactones) is 2. The van der Waals surface area contributed by atoms with Crippen LogP contribution in [0.5, 0.6) is 0 Å². The summed E-state index contributed by atoms with van der Waals surface area (Å²) in [7, 11) is 2.70. The Hall–Kier alpha value is -4.90. The van der Waals surface area contributed by atoms with E-state index in [0.717, 1.165) is 32.0 Å². The quantitative estimate of drug-likeness (QED) is 0.0691. The fourth-order valence-corrected chi connectivity index (χ4v) is 7.47. The van der Waals surface area contributed by atoms with Gasteiger partial charge in [-0.05, 0) is 51.7 Å². The molecule has 0 radical (unpaired) electrons. The molecule has 0 amide bonds. The Balaban J connectivity index is 0.000000145. The highest BCUT2D eigenvalue weighted by Crippen LogP contribution is 2.40. The number of thiophene rings is 2. The number of aromatic nitrogens is 1. The number of ether oxygens (including phenoxy) is 3. The Bertz CT molecular complexity index is 2120. The highest BCUT2D eigenvalue weighted by Gasteiger charge is 2.28. The average Bonchev–Trinajstić information content (AvgIpc) is 3.83. The molecule has 1 N–H and O–H groups in total. The van der Waals surface area contributed by atoms with Gasteiger partial charge in [0.25, 0.3) is 5.56 Å². The molecule has 10 nitrogen and oxygen atoms in total. The summed E-state index contributed by atoms with van der Waals surface area (Å²) < 4.78 is 14.9. The smallest absolute Gasteiger partial charge is 0.346 e. The van der Waals surface area contributed by atoms with Crippen LogP contribution in [0.4, 0.5) is 5.69 Å². The number of benzene rings is 2. The van der Waals surface area contributed by atoms with Gasteiger partial charge in [-0.1, -0.05) is 40.2 Å². The highest BCUT2D eigenvalue weighted by molar-refractivity contribution is 9.08. The van der Waals surface area contributed by atoms with E-state index in [1.807, 2.05) is 23.6 Å². The molecule has 13 heteroatoms. The molecule has 1 aliphatic carbocycles. The predicted octanol–water partition coefficient (Wildman–Crippen LogP) is 6.85. The van der Waals surface area contributed by atoms with Crippen molar-refractivity contribution < 1.29 is 33.4 Å². The number of carbonyl (C=O) groups is 4. The topological polar surface area (TPSA) is 133 Å². The van der Waals surface area contributed by atoms with Crippen LogP contribution in [-0.4, -0.2) is 43.1 Å². The third kappa shape index (κ3) is 6.28. The lowest BCUT2D eigenvalue weighted by Crippen LogP contribution is -2.20. The van der Waals surface area contributed by atoms with Crippen molar-refractivity contribution >= 4 is 78.3 Å². The van der Waals surface area contributed by atoms with Gasteiger partial charge in [-0.3, -0.25) is 9.59 Å². The maximum absolute atomic E-state index is 12.1. The molecule has 1 aliphatic heterocycles. The van der Waals surface area contributed by atoms with Crippen LogP contribution in [0.1, 0.15) is 52.6 Å². The number of nitrogens with zero attached hydrogens (tertiary/aromatic N) is 1. The van der Waals surface area contributed by atoms with Gasteiger partial charge in [0.05, 0.1) is 55.0 Å². The number of hydrogen-bond donors (Lipinski definition) is 1. The van der Waals surface area contributed by atoms with Crippen LogP contribution in [0.3, 0.4) is 0 Å². The van der Waals surface area contributed by atoms with Crippen LogP contribution >= 0.6 is 38.6 Å². The zero-order chi connectivity index (χ0) is 33.0. The minimum atomic E-state index is -0.516. The second kappa shape index (κ2) is 14.0. The van der Waals surface area contributed by atoms with Gasteiger partial charge >= 0.3 is 23.9 Å². The lowest BCUT2D eigenvalue weighted by atomic mass is 10.0. The zero-order valence-corrected chi connectivity index (χ0v) is 27.5. The lowest BCUT2D eigenvalue weighted by Gasteiger charge is -2.08. The molecule has 0 saturated heterocycles. The van der Waals surface area contributed by atoms with E-state index in [-0.39, 0.29) is 17.9 Å². The van der Waals surface area contributed by atoms with Gasteiger partial charge in [-0.15, -0.1) is 22.7 Å². The van der Waals surface area contributed by atoms with E-state index in [2.05, 4.69) is 35.2 Å². The minimum Gasteiger partial charge on any atom is -0.465 e. The number of methoxy groups -OCH3 is 2. The molecular formula is C33H23BrN2O8S2. The summed E-state index contributed by atoms with van der Waals surface area (Å²) in [6, 6.07) is 14.0. The van der Waals surface area contributed by atoms with Gasteiger partial charge in [-0.25, -0.2) is 19.2 Å². The van der Waals surface area contributed by atoms with E-state index in [4.69, 9.17) is 11.3 Å². The van der Waals surface area contributed by atoms with Crippen molar-refractivity contribution in [1.82, 2.24) is 4.98 Å². The van der Waals surface area contributed by atoms with Crippen LogP contribution in [0, 0.1) is 6.57 Å². The summed E-state index contributed by atoms with van der Waals surface area (Å²) in [5.41, 5.74) is 6.38. The summed E-state index contributed by atoms with van der Waals surface area (Å²) in [6.07, 6.45) is 0.877. The summed E-state index contributed by atoms with van der Waals surface area (Å²) in [6.45, 7) is 6.93. The molecule has 3 aromatic heterocycles. The second-order valence-corrected chi connectivity index (χ2v) is 12.2. The Morgan fingerprint density at radius 1 is 0.913 bits per heavy atom. The van der Waals surface area contributed by atoms with Crippen molar-refractivity contribution in [1.29, 1.82) is 0 Å². The summed E-state index contributed by atoms with van der Waals surface area (Å²) in [5, 5.41) is 4.89. The highest BCUT2D eigenvalue weighted by atomic mass is 79.9. The molecule has 0 atom stereocenters. The summed E-state index contributed by atoms with van der Waals surface area (Å²) >= 11 is 6.22. The SMILES string of the molecule is COC(=O)c1cccc2c1Cc1c-2[nH]c(=O)c2ccsc12.O=C1Cc2sccc2C(=O)O1.[C-]#[N+]c1cccc(C(=O)OC)c1CBr. The van der Waals surface area contributed by atoms with Crippen molar-refractivity contribution in [3.05, 3.63) is 119 Å². The first-order valence-corrected chi connectivity index (χ1v) is 16.4. The van der Waals surface area contributed by atoms with Gasteiger partial charge < -0.3 is 19.2 Å². The molecule has 46 heavy (non-hydrogen) atoms. The first-order chi connectivity index (χ1) is 22.2. The number of aromatic amines is 1. The number of fused-ring (bicyclic) bond motifs is 6. The molecular weight excluding hydrogens is 696 g/mol. The maximum atomic E-state index is 12.1. The van der Waals surface area contributed by atoms with E-state index in [1.165, 1.54) is 25.6 Å². The zero-order valence-electron chi connectivity index (χ0n) is 24.3. The first kappa shape index (κ1) is 32.5. The molecule has 7 rings (SSSR count). The van der Waals surface area contributed by atoms with Crippen LogP contribution in [-0.2, 0) is 37.2 Å². The van der Waals surface area contributed by atoms with Gasteiger partial charge in [0, 0.05) is 26.9 Å². The molecule has 4 heterocycles. The number of pyridine rings is 1. The number of carbonyl (C=O) groups excluding carboxylic acids is 4. The van der Waals surface area contributed by atoms with Gasteiger partial charge in [0.1, 0.15) is 0 Å². The third-order valence-electron chi connectivity index (χ3n) is 7.22. The van der Waals surface area contributed by atoms with Crippen LogP contribution in [0.2, 0.25) is 0 Å². The fraction of sp³-hybridized carbons (Fsp3) is 0.152. The number of halogens is 1. The Labute approximate surface area is 278 Å². The monoisotopic (exact) mass is 718 g/mol. The van der Waals surface area contributed by atoms with Crippen molar-refractivity contribution in [3.63, 3.8) is 0 Å². The predicted molar refractivity (Wildman–Crippen MR) is 177 cm³/mol. The Kier molecular flexibility index (Phi) is 9.91.